The van der Waals surface area contributed by atoms with Crippen molar-refractivity contribution < 1.29 is 19.2 Å². The van der Waals surface area contributed by atoms with Crippen molar-refractivity contribution in [3.05, 3.63) is 59.7 Å². The zero-order valence-electron chi connectivity index (χ0n) is 17.8. The van der Waals surface area contributed by atoms with Gasteiger partial charge < -0.3 is 14.4 Å². The second kappa shape index (κ2) is 9.30. The van der Waals surface area contributed by atoms with Crippen molar-refractivity contribution >= 4 is 11.6 Å². The number of likely N-dealkylation sites (tertiary alicyclic amines) is 1. The molecule has 1 fully saturated rings. The van der Waals surface area contributed by atoms with Crippen LogP contribution in [0.25, 0.3) is 0 Å². The Hall–Kier alpha value is -2.86. The van der Waals surface area contributed by atoms with Gasteiger partial charge in [-0.25, -0.2) is 5.01 Å². The molecule has 1 N–H and O–H groups in total. The number of benzene rings is 2. The third-order valence-electron chi connectivity index (χ3n) is 6.05. The number of hydrogen-bond acceptors (Lipinski definition) is 4. The van der Waals surface area contributed by atoms with Gasteiger partial charge in [0.15, 0.2) is 6.54 Å². The Balaban J connectivity index is 1.58. The van der Waals surface area contributed by atoms with Crippen LogP contribution < -0.4 is 14.4 Å². The van der Waals surface area contributed by atoms with Crippen LogP contribution in [0.1, 0.15) is 42.9 Å². The summed E-state index contributed by atoms with van der Waals surface area (Å²) >= 11 is 0. The number of hydrazone groups is 1. The smallest absolute Gasteiger partial charge is 0.298 e. The minimum Gasteiger partial charge on any atom is -0.497 e. The molecular formula is C24H30N3O3+. The molecule has 1 amide bonds. The largest absolute Gasteiger partial charge is 0.497 e. The number of amides is 1. The minimum atomic E-state index is -0.0929. The van der Waals surface area contributed by atoms with Crippen LogP contribution in [0.3, 0.4) is 0 Å². The third kappa shape index (κ3) is 4.49. The van der Waals surface area contributed by atoms with Gasteiger partial charge in [-0.05, 0) is 66.8 Å². The van der Waals surface area contributed by atoms with Crippen molar-refractivity contribution in [2.75, 3.05) is 33.9 Å². The van der Waals surface area contributed by atoms with Gasteiger partial charge in [-0.2, -0.15) is 5.10 Å². The minimum absolute atomic E-state index is 0.0929. The highest BCUT2D eigenvalue weighted by molar-refractivity contribution is 6.03. The quantitative estimate of drug-likeness (QED) is 0.799. The van der Waals surface area contributed by atoms with Crippen LogP contribution >= 0.6 is 0 Å². The molecule has 0 radical (unpaired) electrons. The van der Waals surface area contributed by atoms with Crippen molar-refractivity contribution in [2.24, 2.45) is 5.10 Å². The molecule has 158 valence electrons. The van der Waals surface area contributed by atoms with Gasteiger partial charge in [0.1, 0.15) is 11.5 Å². The topological polar surface area (TPSA) is 55.6 Å². The van der Waals surface area contributed by atoms with E-state index in [2.05, 4.69) is 0 Å². The number of methoxy groups -OCH3 is 2. The Morgan fingerprint density at radius 3 is 2.17 bits per heavy atom. The Morgan fingerprint density at radius 2 is 1.57 bits per heavy atom. The fourth-order valence-corrected chi connectivity index (χ4v) is 4.31. The summed E-state index contributed by atoms with van der Waals surface area (Å²) in [5.74, 6) is 1.71. The monoisotopic (exact) mass is 408 g/mol. The maximum atomic E-state index is 13.3. The molecule has 0 spiro atoms. The summed E-state index contributed by atoms with van der Waals surface area (Å²) in [6, 6.07) is 15.7. The third-order valence-corrected chi connectivity index (χ3v) is 6.05. The maximum absolute atomic E-state index is 13.3. The Bertz CT molecular complexity index is 887. The van der Waals surface area contributed by atoms with Crippen molar-refractivity contribution in [2.45, 2.75) is 31.7 Å². The van der Waals surface area contributed by atoms with Crippen LogP contribution in [0.5, 0.6) is 11.5 Å². The van der Waals surface area contributed by atoms with Gasteiger partial charge in [-0.1, -0.05) is 12.1 Å². The number of nitrogens with one attached hydrogen (secondary N) is 1. The summed E-state index contributed by atoms with van der Waals surface area (Å²) in [7, 11) is 3.32. The molecule has 2 aromatic carbocycles. The van der Waals surface area contributed by atoms with Gasteiger partial charge in [0, 0.05) is 6.42 Å². The van der Waals surface area contributed by atoms with E-state index in [1.807, 2.05) is 48.5 Å². The van der Waals surface area contributed by atoms with E-state index in [9.17, 15) is 4.79 Å². The lowest BCUT2D eigenvalue weighted by Gasteiger charge is -2.27. The summed E-state index contributed by atoms with van der Waals surface area (Å²) < 4.78 is 10.6. The first-order chi connectivity index (χ1) is 14.7. The second-order valence-electron chi connectivity index (χ2n) is 7.99. The highest BCUT2D eigenvalue weighted by atomic mass is 16.5. The highest BCUT2D eigenvalue weighted by Crippen LogP contribution is 2.33. The SMILES string of the molecule is COc1ccc(C2=NN(C(=O)C[NH+]3CCCCC3)[C@@H](c3ccc(OC)cc3)C2)cc1. The Morgan fingerprint density at radius 1 is 0.967 bits per heavy atom. The summed E-state index contributed by atoms with van der Waals surface area (Å²) in [6.07, 6.45) is 4.37. The maximum Gasteiger partial charge on any atom is 0.298 e. The van der Waals surface area contributed by atoms with Gasteiger partial charge in [-0.15, -0.1) is 0 Å². The number of piperidine rings is 1. The van der Waals surface area contributed by atoms with Gasteiger partial charge in [0.05, 0.1) is 39.1 Å². The van der Waals surface area contributed by atoms with E-state index >= 15 is 0 Å². The molecule has 0 aromatic heterocycles. The lowest BCUT2D eigenvalue weighted by molar-refractivity contribution is -0.897. The second-order valence-corrected chi connectivity index (χ2v) is 7.99. The van der Waals surface area contributed by atoms with Gasteiger partial charge in [0.25, 0.3) is 5.91 Å². The van der Waals surface area contributed by atoms with Crippen molar-refractivity contribution in [3.63, 3.8) is 0 Å². The molecule has 0 bridgehead atoms. The fourth-order valence-electron chi connectivity index (χ4n) is 4.31. The van der Waals surface area contributed by atoms with Crippen LogP contribution in [0.15, 0.2) is 53.6 Å². The van der Waals surface area contributed by atoms with E-state index in [1.165, 1.54) is 24.2 Å². The molecule has 2 aliphatic rings. The number of carbonyl (C=O) groups excluding carboxylic acids is 1. The number of nitrogens with zero attached hydrogens (tertiary/aromatic N) is 2. The number of hydrogen-bond donors (Lipinski definition) is 1. The molecule has 2 aliphatic heterocycles. The first-order valence-electron chi connectivity index (χ1n) is 10.7. The lowest BCUT2D eigenvalue weighted by Crippen LogP contribution is -3.13. The molecule has 30 heavy (non-hydrogen) atoms. The average Bonchev–Trinajstić information content (AvgIpc) is 3.25. The van der Waals surface area contributed by atoms with Crippen LogP contribution in [0.2, 0.25) is 0 Å². The van der Waals surface area contributed by atoms with Crippen molar-refractivity contribution in [1.82, 2.24) is 5.01 Å². The van der Waals surface area contributed by atoms with Crippen LogP contribution in [0.4, 0.5) is 0 Å². The van der Waals surface area contributed by atoms with Crippen LogP contribution in [-0.2, 0) is 4.79 Å². The van der Waals surface area contributed by atoms with E-state index in [1.54, 1.807) is 19.2 Å². The van der Waals surface area contributed by atoms with Crippen LogP contribution in [0, 0.1) is 0 Å². The van der Waals surface area contributed by atoms with Gasteiger partial charge >= 0.3 is 0 Å². The normalized spacial score (nSPS) is 19.5. The zero-order chi connectivity index (χ0) is 20.9. The predicted octanol–water partition coefficient (Wildman–Crippen LogP) is 2.45. The molecule has 6 heteroatoms. The van der Waals surface area contributed by atoms with E-state index in [0.717, 1.165) is 41.4 Å². The lowest BCUT2D eigenvalue weighted by atomic mass is 9.98. The molecule has 2 heterocycles. The summed E-state index contributed by atoms with van der Waals surface area (Å²) in [4.78, 5) is 14.6. The molecule has 0 saturated carbocycles. The van der Waals surface area contributed by atoms with Crippen molar-refractivity contribution in [1.29, 1.82) is 0 Å². The average molecular weight is 409 g/mol. The first kappa shape index (κ1) is 20.4. The van der Waals surface area contributed by atoms with E-state index in [0.29, 0.717) is 13.0 Å². The summed E-state index contributed by atoms with van der Waals surface area (Å²) in [5.41, 5.74) is 3.03. The predicted molar refractivity (Wildman–Crippen MR) is 116 cm³/mol. The Labute approximate surface area is 178 Å². The number of rotatable bonds is 6. The number of ether oxygens (including phenoxy) is 2. The van der Waals surface area contributed by atoms with Crippen molar-refractivity contribution in [3.8, 4) is 11.5 Å². The molecule has 2 aromatic rings. The molecule has 4 rings (SSSR count). The first-order valence-corrected chi connectivity index (χ1v) is 10.7. The molecule has 1 atom stereocenters. The molecule has 0 aliphatic carbocycles. The summed E-state index contributed by atoms with van der Waals surface area (Å²) in [5, 5.41) is 6.51. The molecule has 6 nitrogen and oxygen atoms in total. The number of carbonyl (C=O) groups is 1. The standard InChI is InChI=1S/C24H29N3O3/c1-29-20-10-6-18(7-11-20)22-16-23(19-8-12-21(30-2)13-9-19)27(25-22)24(28)17-26-14-4-3-5-15-26/h6-13,23H,3-5,14-17H2,1-2H3/p+1/t23-/m1/s1. The van der Waals surface area contributed by atoms with E-state index < -0.39 is 0 Å². The summed E-state index contributed by atoms with van der Waals surface area (Å²) in [6.45, 7) is 2.65. The van der Waals surface area contributed by atoms with Gasteiger partial charge in [-0.3, -0.25) is 4.79 Å². The number of quaternary nitrogens is 1. The van der Waals surface area contributed by atoms with E-state index in [-0.39, 0.29) is 11.9 Å². The fraction of sp³-hybridized carbons (Fsp3) is 0.417. The van der Waals surface area contributed by atoms with Crippen LogP contribution in [-0.4, -0.2) is 50.5 Å². The van der Waals surface area contributed by atoms with Gasteiger partial charge in [0.2, 0.25) is 0 Å². The molecular weight excluding hydrogens is 378 g/mol. The highest BCUT2D eigenvalue weighted by Gasteiger charge is 2.35. The zero-order valence-corrected chi connectivity index (χ0v) is 17.8. The molecule has 1 saturated heterocycles. The van der Waals surface area contributed by atoms with E-state index in [4.69, 9.17) is 14.6 Å². The molecule has 0 unspecified atom stereocenters. The Kier molecular flexibility index (Phi) is 6.33.